The summed E-state index contributed by atoms with van der Waals surface area (Å²) in [4.78, 5) is 2.47. The van der Waals surface area contributed by atoms with Crippen molar-refractivity contribution in [1.82, 2.24) is 4.90 Å². The number of hydrogen-bond acceptors (Lipinski definition) is 5. The SMILES string of the molecule is CO[C@@H]1C=C2[C@H]3CN(Cc4cc5c(cc43)OCO5)[C@@H]2C[C@@H]1O. The average Bonchev–Trinajstić information content (AvgIpc) is 3.08. The van der Waals surface area contributed by atoms with Crippen LogP contribution in [0.3, 0.4) is 0 Å². The summed E-state index contributed by atoms with van der Waals surface area (Å²) < 4.78 is 16.5. The average molecular weight is 301 g/mol. The fourth-order valence-corrected chi connectivity index (χ4v) is 4.44. The van der Waals surface area contributed by atoms with Crippen LogP contribution in [0.5, 0.6) is 11.5 Å². The molecule has 1 unspecified atom stereocenters. The van der Waals surface area contributed by atoms with Crippen LogP contribution in [0, 0.1) is 0 Å². The number of methoxy groups -OCH3 is 1. The summed E-state index contributed by atoms with van der Waals surface area (Å²) in [6.45, 7) is 2.25. The van der Waals surface area contributed by atoms with Crippen molar-refractivity contribution in [3.05, 3.63) is 34.9 Å². The standard InChI is InChI=1S/C17H19NO4/c1-20-15-4-11-12-7-18(13(11)5-14(15)19)6-9-2-16-17(3-10(9)12)22-8-21-16/h2-4,12-15,19H,5-8H2,1H3/t12-,13+,14-,15+/m0/s1. The van der Waals surface area contributed by atoms with E-state index in [1.165, 1.54) is 16.7 Å². The van der Waals surface area contributed by atoms with Crippen molar-refractivity contribution in [1.29, 1.82) is 0 Å². The Morgan fingerprint density at radius 2 is 2.09 bits per heavy atom. The van der Waals surface area contributed by atoms with E-state index in [0.29, 0.717) is 18.8 Å². The monoisotopic (exact) mass is 301 g/mol. The molecule has 0 saturated carbocycles. The molecule has 5 atom stereocenters. The quantitative estimate of drug-likeness (QED) is 0.795. The van der Waals surface area contributed by atoms with Crippen LogP contribution in [0.2, 0.25) is 0 Å². The molecule has 0 spiro atoms. The molecule has 22 heavy (non-hydrogen) atoms. The number of fused-ring (bicyclic) bond motifs is 8. The van der Waals surface area contributed by atoms with Crippen molar-refractivity contribution in [2.75, 3.05) is 20.4 Å². The van der Waals surface area contributed by atoms with E-state index in [-0.39, 0.29) is 6.10 Å². The normalized spacial score (nSPS) is 37.5. The van der Waals surface area contributed by atoms with Crippen molar-refractivity contribution in [3.8, 4) is 11.5 Å². The van der Waals surface area contributed by atoms with E-state index in [1.807, 2.05) is 0 Å². The summed E-state index contributed by atoms with van der Waals surface area (Å²) >= 11 is 0. The predicted molar refractivity (Wildman–Crippen MR) is 79.0 cm³/mol. The van der Waals surface area contributed by atoms with Gasteiger partial charge in [0.1, 0.15) is 6.10 Å². The lowest BCUT2D eigenvalue weighted by Crippen LogP contribution is -2.40. The number of aliphatic hydroxyl groups is 1. The number of aliphatic hydroxyl groups excluding tert-OH is 1. The molecule has 116 valence electrons. The fourth-order valence-electron chi connectivity index (χ4n) is 4.44. The van der Waals surface area contributed by atoms with Gasteiger partial charge in [0.05, 0.1) is 6.10 Å². The third-order valence-electron chi connectivity index (χ3n) is 5.50. The molecule has 1 saturated heterocycles. The summed E-state index contributed by atoms with van der Waals surface area (Å²) in [5.41, 5.74) is 4.06. The number of ether oxygens (including phenoxy) is 3. The van der Waals surface area contributed by atoms with Crippen LogP contribution in [0.25, 0.3) is 0 Å². The van der Waals surface area contributed by atoms with Crippen LogP contribution in [0.15, 0.2) is 23.8 Å². The zero-order chi connectivity index (χ0) is 14.8. The van der Waals surface area contributed by atoms with Gasteiger partial charge in [-0.25, -0.2) is 0 Å². The van der Waals surface area contributed by atoms with Crippen molar-refractivity contribution in [2.24, 2.45) is 0 Å². The molecule has 5 rings (SSSR count). The second-order valence-electron chi connectivity index (χ2n) is 6.57. The maximum atomic E-state index is 10.3. The smallest absolute Gasteiger partial charge is 0.231 e. The second kappa shape index (κ2) is 4.47. The van der Waals surface area contributed by atoms with Gasteiger partial charge in [-0.15, -0.1) is 0 Å². The molecular weight excluding hydrogens is 282 g/mol. The predicted octanol–water partition coefficient (Wildman–Crippen LogP) is 1.40. The molecule has 0 radical (unpaired) electrons. The van der Waals surface area contributed by atoms with Crippen LogP contribution in [0.4, 0.5) is 0 Å². The maximum Gasteiger partial charge on any atom is 0.231 e. The minimum atomic E-state index is -0.419. The van der Waals surface area contributed by atoms with Crippen LogP contribution in [-0.4, -0.2) is 48.7 Å². The number of rotatable bonds is 1. The largest absolute Gasteiger partial charge is 0.454 e. The zero-order valence-electron chi connectivity index (χ0n) is 12.5. The summed E-state index contributed by atoms with van der Waals surface area (Å²) in [5, 5.41) is 10.3. The van der Waals surface area contributed by atoms with Crippen molar-refractivity contribution >= 4 is 0 Å². The van der Waals surface area contributed by atoms with Gasteiger partial charge >= 0.3 is 0 Å². The number of hydrogen-bond donors (Lipinski definition) is 1. The molecule has 1 aromatic carbocycles. The fraction of sp³-hybridized carbons (Fsp3) is 0.529. The van der Waals surface area contributed by atoms with Crippen LogP contribution in [-0.2, 0) is 11.3 Å². The molecule has 1 aliphatic carbocycles. The van der Waals surface area contributed by atoms with E-state index < -0.39 is 6.10 Å². The topological polar surface area (TPSA) is 51.2 Å². The molecule has 3 aliphatic heterocycles. The summed E-state index contributed by atoms with van der Waals surface area (Å²) in [5.74, 6) is 2.09. The molecule has 4 aliphatic rings. The molecule has 5 heteroatoms. The molecule has 0 aromatic heterocycles. The zero-order valence-corrected chi connectivity index (χ0v) is 12.5. The first-order chi connectivity index (χ1) is 10.7. The summed E-state index contributed by atoms with van der Waals surface area (Å²) in [6.07, 6.45) is 2.28. The van der Waals surface area contributed by atoms with Crippen molar-refractivity contribution < 1.29 is 19.3 Å². The molecule has 0 amide bonds. The first kappa shape index (κ1) is 12.9. The molecule has 1 aromatic rings. The Morgan fingerprint density at radius 3 is 2.91 bits per heavy atom. The van der Waals surface area contributed by atoms with Crippen molar-refractivity contribution in [2.45, 2.75) is 37.1 Å². The highest BCUT2D eigenvalue weighted by molar-refractivity contribution is 5.54. The first-order valence-corrected chi connectivity index (χ1v) is 7.83. The first-order valence-electron chi connectivity index (χ1n) is 7.83. The molecule has 5 nitrogen and oxygen atoms in total. The second-order valence-corrected chi connectivity index (χ2v) is 6.57. The Hall–Kier alpha value is -1.56. The highest BCUT2D eigenvalue weighted by Gasteiger charge is 2.46. The maximum absolute atomic E-state index is 10.3. The van der Waals surface area contributed by atoms with Gasteiger partial charge in [0.15, 0.2) is 11.5 Å². The minimum absolute atomic E-state index is 0.190. The summed E-state index contributed by atoms with van der Waals surface area (Å²) in [6, 6.07) is 4.60. The van der Waals surface area contributed by atoms with Gasteiger partial charge in [0.25, 0.3) is 0 Å². The van der Waals surface area contributed by atoms with Gasteiger partial charge in [-0.05, 0) is 35.3 Å². The lowest BCUT2D eigenvalue weighted by Gasteiger charge is -2.32. The van der Waals surface area contributed by atoms with Crippen LogP contribution < -0.4 is 9.47 Å². The third-order valence-corrected chi connectivity index (χ3v) is 5.50. The Bertz CT molecular complexity index is 671. The van der Waals surface area contributed by atoms with Gasteiger partial charge in [-0.2, -0.15) is 0 Å². The van der Waals surface area contributed by atoms with Gasteiger partial charge in [0.2, 0.25) is 6.79 Å². The van der Waals surface area contributed by atoms with Gasteiger partial charge < -0.3 is 19.3 Å². The lowest BCUT2D eigenvalue weighted by atomic mass is 9.82. The Balaban J connectivity index is 1.61. The number of benzene rings is 1. The highest BCUT2D eigenvalue weighted by Crippen LogP contribution is 2.49. The van der Waals surface area contributed by atoms with E-state index in [1.54, 1.807) is 7.11 Å². The Kier molecular flexibility index (Phi) is 2.63. The van der Waals surface area contributed by atoms with Gasteiger partial charge in [0, 0.05) is 32.2 Å². The minimum Gasteiger partial charge on any atom is -0.454 e. The van der Waals surface area contributed by atoms with E-state index in [0.717, 1.165) is 31.0 Å². The molecule has 1 fully saturated rings. The van der Waals surface area contributed by atoms with Crippen LogP contribution >= 0.6 is 0 Å². The van der Waals surface area contributed by atoms with E-state index in [2.05, 4.69) is 23.1 Å². The van der Waals surface area contributed by atoms with Gasteiger partial charge in [-0.1, -0.05) is 6.08 Å². The van der Waals surface area contributed by atoms with Crippen LogP contribution in [0.1, 0.15) is 23.5 Å². The molecule has 2 bridgehead atoms. The third kappa shape index (κ3) is 1.64. The van der Waals surface area contributed by atoms with E-state index in [4.69, 9.17) is 14.2 Å². The van der Waals surface area contributed by atoms with Gasteiger partial charge in [-0.3, -0.25) is 4.90 Å². The molecular formula is C17H19NO4. The van der Waals surface area contributed by atoms with E-state index >= 15 is 0 Å². The van der Waals surface area contributed by atoms with E-state index in [9.17, 15) is 5.11 Å². The Labute approximate surface area is 129 Å². The molecule has 1 N–H and O–H groups in total. The molecule has 3 heterocycles. The summed E-state index contributed by atoms with van der Waals surface area (Å²) in [7, 11) is 1.67. The van der Waals surface area contributed by atoms with Crippen molar-refractivity contribution in [3.63, 3.8) is 0 Å². The Morgan fingerprint density at radius 1 is 1.27 bits per heavy atom. The highest BCUT2D eigenvalue weighted by atomic mass is 16.7. The number of nitrogens with zero attached hydrogens (tertiary/aromatic N) is 1. The lowest BCUT2D eigenvalue weighted by molar-refractivity contribution is -0.00476.